The summed E-state index contributed by atoms with van der Waals surface area (Å²) >= 11 is 7.11. The fourth-order valence-corrected chi connectivity index (χ4v) is 2.44. The highest BCUT2D eigenvalue weighted by molar-refractivity contribution is 8.18. The van der Waals surface area contributed by atoms with Crippen LogP contribution in [0.5, 0.6) is 0 Å². The summed E-state index contributed by atoms with van der Waals surface area (Å²) in [4.78, 5) is 16.5. The lowest BCUT2D eigenvalue weighted by Gasteiger charge is -1.95. The lowest BCUT2D eigenvalue weighted by atomic mass is 10.2. The van der Waals surface area contributed by atoms with Crippen molar-refractivity contribution in [3.8, 4) is 0 Å². The van der Waals surface area contributed by atoms with E-state index in [4.69, 9.17) is 16.7 Å². The molecule has 0 radical (unpaired) electrons. The van der Waals surface area contributed by atoms with Crippen LogP contribution in [-0.2, 0) is 4.79 Å². The van der Waals surface area contributed by atoms with E-state index in [0.29, 0.717) is 28.1 Å². The highest BCUT2D eigenvalue weighted by Crippen LogP contribution is 2.26. The summed E-state index contributed by atoms with van der Waals surface area (Å²) < 4.78 is 0. The van der Waals surface area contributed by atoms with E-state index >= 15 is 0 Å². The predicted octanol–water partition coefficient (Wildman–Crippen LogP) is 2.28. The Morgan fingerprint density at radius 3 is 2.79 bits per heavy atom. The van der Waals surface area contributed by atoms with Gasteiger partial charge in [0.25, 0.3) is 5.91 Å². The molecule has 0 unspecified atom stereocenters. The first-order valence-corrected chi connectivity index (χ1v) is 7.00. The van der Waals surface area contributed by atoms with E-state index in [1.165, 1.54) is 11.8 Å². The molecule has 100 valence electrons. The zero-order valence-corrected chi connectivity index (χ0v) is 11.7. The number of aliphatic hydroxyl groups is 1. The lowest BCUT2D eigenvalue weighted by Crippen LogP contribution is -2.20. The molecule has 1 heterocycles. The number of halogens is 1. The minimum atomic E-state index is -0.150. The Morgan fingerprint density at radius 1 is 1.37 bits per heavy atom. The van der Waals surface area contributed by atoms with E-state index in [2.05, 4.69) is 10.3 Å². The van der Waals surface area contributed by atoms with Crippen molar-refractivity contribution in [3.05, 3.63) is 39.8 Å². The van der Waals surface area contributed by atoms with Crippen molar-refractivity contribution in [1.82, 2.24) is 5.32 Å². The van der Waals surface area contributed by atoms with Gasteiger partial charge < -0.3 is 10.4 Å². The van der Waals surface area contributed by atoms with Crippen molar-refractivity contribution in [2.45, 2.75) is 6.42 Å². The Labute approximate surface area is 120 Å². The second kappa shape index (κ2) is 6.75. The molecule has 0 saturated carbocycles. The predicted molar refractivity (Wildman–Crippen MR) is 79.2 cm³/mol. The molecule has 0 aromatic heterocycles. The quantitative estimate of drug-likeness (QED) is 0.662. The summed E-state index contributed by atoms with van der Waals surface area (Å²) in [5.74, 6) is -0.150. The second-order valence-corrected chi connectivity index (χ2v) is 5.35. The van der Waals surface area contributed by atoms with Gasteiger partial charge in [0, 0.05) is 18.2 Å². The van der Waals surface area contributed by atoms with Crippen LogP contribution in [-0.4, -0.2) is 29.3 Å². The molecule has 0 atom stereocenters. The highest BCUT2D eigenvalue weighted by atomic mass is 35.5. The minimum absolute atomic E-state index is 0.100. The van der Waals surface area contributed by atoms with E-state index in [1.807, 2.05) is 12.1 Å². The molecule has 1 saturated heterocycles. The van der Waals surface area contributed by atoms with Crippen molar-refractivity contribution < 1.29 is 9.90 Å². The van der Waals surface area contributed by atoms with Gasteiger partial charge in [0.15, 0.2) is 5.17 Å². The molecule has 0 spiro atoms. The zero-order valence-electron chi connectivity index (χ0n) is 10.1. The van der Waals surface area contributed by atoms with Crippen LogP contribution in [0.4, 0.5) is 0 Å². The van der Waals surface area contributed by atoms with Crippen molar-refractivity contribution in [2.24, 2.45) is 4.99 Å². The summed E-state index contributed by atoms with van der Waals surface area (Å²) in [6.45, 7) is 0.607. The molecular formula is C13H13ClN2O2S. The SMILES string of the molecule is O=C1NC(=NCCCO)S/C1=C\c1ccc(Cl)cc1. The normalized spacial score (nSPS) is 19.2. The number of amides is 1. The molecule has 1 aromatic rings. The smallest absolute Gasteiger partial charge is 0.264 e. The second-order valence-electron chi connectivity index (χ2n) is 3.88. The van der Waals surface area contributed by atoms with Gasteiger partial charge >= 0.3 is 0 Å². The maximum absolute atomic E-state index is 11.7. The van der Waals surface area contributed by atoms with E-state index in [0.717, 1.165) is 5.56 Å². The third-order valence-corrected chi connectivity index (χ3v) is 3.59. The Kier molecular flexibility index (Phi) is 5.01. The maximum Gasteiger partial charge on any atom is 0.264 e. The number of hydrogen-bond donors (Lipinski definition) is 2. The summed E-state index contributed by atoms with van der Waals surface area (Å²) in [7, 11) is 0. The van der Waals surface area contributed by atoms with Crippen LogP contribution < -0.4 is 5.32 Å². The number of carbonyl (C=O) groups excluding carboxylic acids is 1. The molecule has 1 fully saturated rings. The van der Waals surface area contributed by atoms with Crippen LogP contribution in [0.15, 0.2) is 34.2 Å². The average molecular weight is 297 g/mol. The topological polar surface area (TPSA) is 61.7 Å². The molecular weight excluding hydrogens is 284 g/mol. The number of benzene rings is 1. The summed E-state index contributed by atoms with van der Waals surface area (Å²) in [5, 5.41) is 12.6. The standard InChI is InChI=1S/C13H13ClN2O2S/c14-10-4-2-9(3-5-10)8-11-12(18)16-13(19-11)15-6-1-7-17/h2-5,8,17H,1,6-7H2,(H,15,16,18)/b11-8-. The number of rotatable bonds is 4. The first kappa shape index (κ1) is 14.1. The first-order chi connectivity index (χ1) is 9.19. The summed E-state index contributed by atoms with van der Waals surface area (Å²) in [6, 6.07) is 7.26. The van der Waals surface area contributed by atoms with Gasteiger partial charge in [-0.1, -0.05) is 23.7 Å². The van der Waals surface area contributed by atoms with E-state index in [-0.39, 0.29) is 12.5 Å². The maximum atomic E-state index is 11.7. The first-order valence-electron chi connectivity index (χ1n) is 5.81. The third kappa shape index (κ3) is 4.09. The molecule has 4 nitrogen and oxygen atoms in total. The largest absolute Gasteiger partial charge is 0.396 e. The van der Waals surface area contributed by atoms with Gasteiger partial charge in [-0.15, -0.1) is 0 Å². The number of amidine groups is 1. The van der Waals surface area contributed by atoms with Crippen LogP contribution in [0.25, 0.3) is 6.08 Å². The highest BCUT2D eigenvalue weighted by Gasteiger charge is 2.23. The monoisotopic (exact) mass is 296 g/mol. The number of nitrogens with one attached hydrogen (secondary N) is 1. The third-order valence-electron chi connectivity index (χ3n) is 2.39. The molecule has 6 heteroatoms. The molecule has 2 N–H and O–H groups in total. The number of aliphatic hydroxyl groups excluding tert-OH is 1. The van der Waals surface area contributed by atoms with Crippen LogP contribution in [0.3, 0.4) is 0 Å². The van der Waals surface area contributed by atoms with Gasteiger partial charge in [-0.3, -0.25) is 9.79 Å². The Balaban J connectivity index is 2.07. The molecule has 2 rings (SSSR count). The zero-order chi connectivity index (χ0) is 13.7. The van der Waals surface area contributed by atoms with E-state index in [9.17, 15) is 4.79 Å². The Bertz CT molecular complexity index is 526. The van der Waals surface area contributed by atoms with Crippen molar-refractivity contribution in [1.29, 1.82) is 0 Å². The van der Waals surface area contributed by atoms with E-state index in [1.54, 1.807) is 18.2 Å². The molecule has 1 aliphatic rings. The molecule has 1 amide bonds. The van der Waals surface area contributed by atoms with Gasteiger partial charge in [0.1, 0.15) is 0 Å². The van der Waals surface area contributed by atoms with Crippen molar-refractivity contribution in [2.75, 3.05) is 13.2 Å². The lowest BCUT2D eigenvalue weighted by molar-refractivity contribution is -0.115. The number of carbonyl (C=O) groups is 1. The number of hydrogen-bond acceptors (Lipinski definition) is 4. The number of nitrogens with zero attached hydrogens (tertiary/aromatic N) is 1. The Hall–Kier alpha value is -1.30. The molecule has 19 heavy (non-hydrogen) atoms. The van der Waals surface area contributed by atoms with Gasteiger partial charge in [0.2, 0.25) is 0 Å². The van der Waals surface area contributed by atoms with Crippen molar-refractivity contribution >= 4 is 40.5 Å². The van der Waals surface area contributed by atoms with Crippen LogP contribution in [0.1, 0.15) is 12.0 Å². The Morgan fingerprint density at radius 2 is 2.11 bits per heavy atom. The van der Waals surface area contributed by atoms with Gasteiger partial charge in [0.05, 0.1) is 4.91 Å². The van der Waals surface area contributed by atoms with Crippen LogP contribution in [0.2, 0.25) is 5.02 Å². The molecule has 0 aliphatic carbocycles. The molecule has 1 aliphatic heterocycles. The summed E-state index contributed by atoms with van der Waals surface area (Å²) in [5.41, 5.74) is 0.915. The molecule has 1 aromatic carbocycles. The number of thioether (sulfide) groups is 1. The van der Waals surface area contributed by atoms with E-state index < -0.39 is 0 Å². The van der Waals surface area contributed by atoms with Gasteiger partial charge in [-0.2, -0.15) is 0 Å². The summed E-state index contributed by atoms with van der Waals surface area (Å²) in [6.07, 6.45) is 2.39. The van der Waals surface area contributed by atoms with Crippen LogP contribution in [0, 0.1) is 0 Å². The fourth-order valence-electron chi connectivity index (χ4n) is 1.46. The van der Waals surface area contributed by atoms with Gasteiger partial charge in [-0.05, 0) is 42.0 Å². The fraction of sp³-hybridized carbons (Fsp3) is 0.231. The van der Waals surface area contributed by atoms with Gasteiger partial charge in [-0.25, -0.2) is 0 Å². The number of aliphatic imine (C=N–C) groups is 1. The average Bonchev–Trinajstić information content (AvgIpc) is 2.73. The van der Waals surface area contributed by atoms with Crippen LogP contribution >= 0.6 is 23.4 Å². The molecule has 0 bridgehead atoms. The van der Waals surface area contributed by atoms with Crippen molar-refractivity contribution in [3.63, 3.8) is 0 Å². The minimum Gasteiger partial charge on any atom is -0.396 e.